The van der Waals surface area contributed by atoms with Crippen LogP contribution in [0, 0.1) is 0 Å². The van der Waals surface area contributed by atoms with Crippen LogP contribution in [0.15, 0.2) is 108 Å². The summed E-state index contributed by atoms with van der Waals surface area (Å²) >= 11 is 7.52. The molecule has 39 heavy (non-hydrogen) atoms. The van der Waals surface area contributed by atoms with Crippen molar-refractivity contribution in [2.24, 2.45) is 0 Å². The molecule has 0 aliphatic carbocycles. The lowest BCUT2D eigenvalue weighted by Gasteiger charge is -2.20. The molecule has 4 aromatic carbocycles. The molecule has 0 spiro atoms. The van der Waals surface area contributed by atoms with Crippen molar-refractivity contribution in [3.63, 3.8) is 0 Å². The van der Waals surface area contributed by atoms with E-state index in [1.807, 2.05) is 66.7 Å². The van der Waals surface area contributed by atoms with Gasteiger partial charge in [-0.2, -0.15) is 0 Å². The number of anilines is 1. The Bertz CT molecular complexity index is 1700. The molecular weight excluding hydrogens is 552 g/mol. The molecule has 1 N–H and O–H groups in total. The molecule has 0 fully saturated rings. The van der Waals surface area contributed by atoms with Crippen LogP contribution < -0.4 is 14.4 Å². The summed E-state index contributed by atoms with van der Waals surface area (Å²) in [6, 6.07) is 30.8. The van der Waals surface area contributed by atoms with E-state index in [2.05, 4.69) is 5.32 Å². The van der Waals surface area contributed by atoms with Crippen molar-refractivity contribution in [3.05, 3.63) is 124 Å². The third kappa shape index (κ3) is 5.49. The molecule has 0 atom stereocenters. The van der Waals surface area contributed by atoms with Crippen molar-refractivity contribution < 1.29 is 17.9 Å². The lowest BCUT2D eigenvalue weighted by Crippen LogP contribution is -2.28. The summed E-state index contributed by atoms with van der Waals surface area (Å²) in [4.78, 5) is 14.0. The molecule has 6 nitrogen and oxygen atoms in total. The molecule has 5 aromatic rings. The minimum atomic E-state index is -3.88. The van der Waals surface area contributed by atoms with E-state index in [-0.39, 0.29) is 21.9 Å². The number of nitrogens with one attached hydrogen (secondary N) is 1. The first kappa shape index (κ1) is 26.7. The number of ether oxygens (including phenoxy) is 1. The van der Waals surface area contributed by atoms with Crippen LogP contribution in [0.1, 0.15) is 26.8 Å². The highest BCUT2D eigenvalue weighted by molar-refractivity contribution is 7.92. The number of fused-ring (bicyclic) bond motifs is 1. The Balaban J connectivity index is 1.42. The molecule has 1 amide bonds. The van der Waals surface area contributed by atoms with E-state index in [9.17, 15) is 13.2 Å². The second kappa shape index (κ2) is 11.1. The van der Waals surface area contributed by atoms with Crippen LogP contribution in [0.2, 0.25) is 5.02 Å². The van der Waals surface area contributed by atoms with Gasteiger partial charge in [-0.1, -0.05) is 72.3 Å². The van der Waals surface area contributed by atoms with E-state index in [4.69, 9.17) is 16.3 Å². The predicted octanol–water partition coefficient (Wildman–Crippen LogP) is 6.91. The standard InChI is InChI=1S/C30H25ClN2O4S2/c1-33(39(35,36)24-14-15-26(37-2)25(31)19-24)23-13-16-27-22(17-23)18-28(38-27)30(34)32-29(20-9-5-3-6-10-20)21-11-7-4-8-12-21/h3-19,29H,1-2H3,(H,32,34). The Morgan fingerprint density at radius 3 is 2.13 bits per heavy atom. The van der Waals surface area contributed by atoms with Crippen LogP contribution in [0.3, 0.4) is 0 Å². The van der Waals surface area contributed by atoms with Crippen molar-refractivity contribution in [2.75, 3.05) is 18.5 Å². The molecule has 1 aromatic heterocycles. The number of rotatable bonds is 8. The number of carbonyl (C=O) groups excluding carboxylic acids is 1. The molecule has 198 valence electrons. The van der Waals surface area contributed by atoms with E-state index >= 15 is 0 Å². The van der Waals surface area contributed by atoms with E-state index in [1.54, 1.807) is 18.2 Å². The highest BCUT2D eigenvalue weighted by Gasteiger charge is 2.24. The zero-order valence-corrected chi connectivity index (χ0v) is 23.6. The second-order valence-corrected chi connectivity index (χ2v) is 12.3. The van der Waals surface area contributed by atoms with E-state index in [0.29, 0.717) is 16.3 Å². The van der Waals surface area contributed by atoms with Gasteiger partial charge >= 0.3 is 0 Å². The molecule has 0 bridgehead atoms. The fourth-order valence-corrected chi connectivity index (χ4v) is 6.78. The van der Waals surface area contributed by atoms with Crippen molar-refractivity contribution in [1.29, 1.82) is 0 Å². The van der Waals surface area contributed by atoms with Gasteiger partial charge in [-0.25, -0.2) is 8.42 Å². The van der Waals surface area contributed by atoms with Crippen molar-refractivity contribution in [3.8, 4) is 5.75 Å². The van der Waals surface area contributed by atoms with Gasteiger partial charge in [0, 0.05) is 11.7 Å². The normalized spacial score (nSPS) is 11.5. The summed E-state index contributed by atoms with van der Waals surface area (Å²) in [6.07, 6.45) is 0. The van der Waals surface area contributed by atoms with E-state index in [0.717, 1.165) is 21.2 Å². The monoisotopic (exact) mass is 576 g/mol. The maximum Gasteiger partial charge on any atom is 0.264 e. The van der Waals surface area contributed by atoms with Crippen molar-refractivity contribution >= 4 is 54.6 Å². The lowest BCUT2D eigenvalue weighted by molar-refractivity contribution is 0.0947. The minimum Gasteiger partial charge on any atom is -0.495 e. The Hall–Kier alpha value is -3.85. The van der Waals surface area contributed by atoms with Gasteiger partial charge in [0.2, 0.25) is 0 Å². The van der Waals surface area contributed by atoms with Gasteiger partial charge in [0.15, 0.2) is 0 Å². The van der Waals surface area contributed by atoms with Crippen LogP contribution in [0.25, 0.3) is 10.1 Å². The highest BCUT2D eigenvalue weighted by atomic mass is 35.5. The molecule has 0 unspecified atom stereocenters. The molecule has 0 aliphatic heterocycles. The van der Waals surface area contributed by atoms with Gasteiger partial charge < -0.3 is 10.1 Å². The zero-order valence-electron chi connectivity index (χ0n) is 21.2. The van der Waals surface area contributed by atoms with Crippen molar-refractivity contribution in [2.45, 2.75) is 10.9 Å². The molecule has 9 heteroatoms. The summed E-state index contributed by atoms with van der Waals surface area (Å²) in [7, 11) is -0.925. The maximum absolute atomic E-state index is 13.4. The van der Waals surface area contributed by atoms with Crippen LogP contribution >= 0.6 is 22.9 Å². The SMILES string of the molecule is COc1ccc(S(=O)(=O)N(C)c2ccc3sc(C(=O)NC(c4ccccc4)c4ccccc4)cc3c2)cc1Cl. The van der Waals surface area contributed by atoms with E-state index < -0.39 is 10.0 Å². The lowest BCUT2D eigenvalue weighted by atomic mass is 9.98. The number of hydrogen-bond acceptors (Lipinski definition) is 5. The quantitative estimate of drug-likeness (QED) is 0.218. The summed E-state index contributed by atoms with van der Waals surface area (Å²) in [6.45, 7) is 0. The average Bonchev–Trinajstić information content (AvgIpc) is 3.40. The summed E-state index contributed by atoms with van der Waals surface area (Å²) in [5.41, 5.74) is 2.42. The topological polar surface area (TPSA) is 75.7 Å². The first-order chi connectivity index (χ1) is 18.8. The average molecular weight is 577 g/mol. The molecule has 1 heterocycles. The molecule has 0 saturated heterocycles. The van der Waals surface area contributed by atoms with Gasteiger partial charge in [-0.15, -0.1) is 11.3 Å². The smallest absolute Gasteiger partial charge is 0.264 e. The third-order valence-electron chi connectivity index (χ3n) is 6.41. The van der Waals surface area contributed by atoms with Crippen LogP contribution in [-0.4, -0.2) is 28.5 Å². The fourth-order valence-electron chi connectivity index (χ4n) is 4.30. The highest BCUT2D eigenvalue weighted by Crippen LogP contribution is 2.33. The Morgan fingerprint density at radius 2 is 1.54 bits per heavy atom. The summed E-state index contributed by atoms with van der Waals surface area (Å²) in [5.74, 6) is 0.190. The van der Waals surface area contributed by atoms with Gasteiger partial charge in [0.05, 0.1) is 33.6 Å². The van der Waals surface area contributed by atoms with Crippen LogP contribution in [-0.2, 0) is 10.0 Å². The number of sulfonamides is 1. The van der Waals surface area contributed by atoms with E-state index in [1.165, 1.54) is 48.0 Å². The Morgan fingerprint density at radius 1 is 0.897 bits per heavy atom. The molecule has 0 saturated carbocycles. The Kier molecular flexibility index (Phi) is 7.61. The first-order valence-electron chi connectivity index (χ1n) is 12.0. The molecule has 5 rings (SSSR count). The number of benzene rings is 4. The molecule has 0 aliphatic rings. The van der Waals surface area contributed by atoms with Crippen LogP contribution in [0.5, 0.6) is 5.75 Å². The molecular formula is C30H25ClN2O4S2. The maximum atomic E-state index is 13.4. The number of hydrogen-bond donors (Lipinski definition) is 1. The second-order valence-electron chi connectivity index (χ2n) is 8.83. The zero-order chi connectivity index (χ0) is 27.6. The number of methoxy groups -OCH3 is 1. The largest absolute Gasteiger partial charge is 0.495 e. The fraction of sp³-hybridized carbons (Fsp3) is 0.100. The number of nitrogens with zero attached hydrogens (tertiary/aromatic N) is 1. The van der Waals surface area contributed by atoms with Crippen molar-refractivity contribution in [1.82, 2.24) is 5.32 Å². The van der Waals surface area contributed by atoms with Gasteiger partial charge in [-0.05, 0) is 59.0 Å². The van der Waals surface area contributed by atoms with Crippen LogP contribution in [0.4, 0.5) is 5.69 Å². The third-order valence-corrected chi connectivity index (χ3v) is 9.60. The minimum absolute atomic E-state index is 0.0501. The van der Waals surface area contributed by atoms with Gasteiger partial charge in [-0.3, -0.25) is 9.10 Å². The predicted molar refractivity (Wildman–Crippen MR) is 158 cm³/mol. The van der Waals surface area contributed by atoms with Gasteiger partial charge in [0.25, 0.3) is 15.9 Å². The number of halogens is 1. The molecule has 0 radical (unpaired) electrons. The number of amides is 1. The summed E-state index contributed by atoms with van der Waals surface area (Å²) < 4.78 is 33.8. The number of carbonyl (C=O) groups is 1. The number of thiophene rings is 1. The van der Waals surface area contributed by atoms with Gasteiger partial charge in [0.1, 0.15) is 5.75 Å². The Labute approximate surface area is 236 Å². The summed E-state index contributed by atoms with van der Waals surface area (Å²) in [5, 5.41) is 4.15. The first-order valence-corrected chi connectivity index (χ1v) is 14.7.